The molecule has 23 heavy (non-hydrogen) atoms. The molecule has 0 saturated carbocycles. The lowest BCUT2D eigenvalue weighted by molar-refractivity contribution is -0.118. The van der Waals surface area contributed by atoms with Gasteiger partial charge in [0, 0.05) is 32.0 Å². The summed E-state index contributed by atoms with van der Waals surface area (Å²) in [7, 11) is 1.18. The minimum atomic E-state index is -4.04. The van der Waals surface area contributed by atoms with Gasteiger partial charge in [0.15, 0.2) is 4.90 Å². The molecule has 0 spiro atoms. The summed E-state index contributed by atoms with van der Waals surface area (Å²) >= 11 is 0. The zero-order chi connectivity index (χ0) is 17.6. The molecule has 0 fully saturated rings. The third-order valence-electron chi connectivity index (χ3n) is 3.16. The van der Waals surface area contributed by atoms with Crippen LogP contribution in [0.25, 0.3) is 0 Å². The number of methoxy groups -OCH3 is 2. The average Bonchev–Trinajstić information content (AvgIpc) is 2.57. The Hall–Kier alpha value is -2.24. The summed E-state index contributed by atoms with van der Waals surface area (Å²) in [5.74, 6) is 2.20. The molecule has 0 aliphatic heterocycles. The Kier molecular flexibility index (Phi) is 6.42. The predicted octanol–water partition coefficient (Wildman–Crippen LogP) is 1.42. The minimum absolute atomic E-state index is 0.0119. The van der Waals surface area contributed by atoms with Gasteiger partial charge in [-0.2, -0.15) is 8.42 Å². The SMILES string of the molecule is C#CCCC(=O)N(C)c1cc(OC)c(S(=O)(=O)OC)c(OC)c1. The third kappa shape index (κ3) is 4.15. The van der Waals surface area contributed by atoms with Gasteiger partial charge in [-0.05, 0) is 0 Å². The molecule has 0 heterocycles. The number of ether oxygens (including phenoxy) is 2. The first-order valence-corrected chi connectivity index (χ1v) is 7.99. The lowest BCUT2D eigenvalue weighted by Gasteiger charge is -2.20. The van der Waals surface area contributed by atoms with Crippen molar-refractivity contribution in [3.63, 3.8) is 0 Å². The number of nitrogens with zero attached hydrogens (tertiary/aromatic N) is 1. The summed E-state index contributed by atoms with van der Waals surface area (Å²) in [5, 5.41) is 0. The quantitative estimate of drug-likeness (QED) is 0.551. The fraction of sp³-hybridized carbons (Fsp3) is 0.400. The number of carbonyl (C=O) groups excluding carboxylic acids is 1. The minimum Gasteiger partial charge on any atom is -0.495 e. The van der Waals surface area contributed by atoms with Gasteiger partial charge in [-0.15, -0.1) is 12.3 Å². The molecule has 0 aromatic heterocycles. The van der Waals surface area contributed by atoms with E-state index < -0.39 is 10.1 Å². The van der Waals surface area contributed by atoms with Crippen LogP contribution in [0, 0.1) is 12.3 Å². The standard InChI is InChI=1S/C15H19NO6S/c1-6-7-8-14(17)16(2)11-9-12(20-3)15(13(10-11)21-4)23(18,19)22-5/h1,9-10H,7-8H2,2-5H3. The highest BCUT2D eigenvalue weighted by atomic mass is 32.2. The van der Waals surface area contributed by atoms with Gasteiger partial charge in [-0.1, -0.05) is 0 Å². The number of hydrogen-bond acceptors (Lipinski definition) is 6. The molecule has 0 saturated heterocycles. The maximum Gasteiger partial charge on any atom is 0.304 e. The largest absolute Gasteiger partial charge is 0.495 e. The summed E-state index contributed by atoms with van der Waals surface area (Å²) in [4.78, 5) is 13.2. The molecule has 1 amide bonds. The Balaban J connectivity index is 3.40. The van der Waals surface area contributed by atoms with Gasteiger partial charge in [0.1, 0.15) is 11.5 Å². The maximum absolute atomic E-state index is 12.0. The Morgan fingerprint density at radius 2 is 1.74 bits per heavy atom. The normalized spacial score (nSPS) is 10.7. The Labute approximate surface area is 136 Å². The number of amides is 1. The lowest BCUT2D eigenvalue weighted by atomic mass is 10.2. The molecular formula is C15H19NO6S. The molecule has 1 rings (SSSR count). The highest BCUT2D eigenvalue weighted by molar-refractivity contribution is 7.87. The molecule has 0 atom stereocenters. The molecule has 0 radical (unpaired) electrons. The van der Waals surface area contributed by atoms with Crippen LogP contribution in [0.2, 0.25) is 0 Å². The van der Waals surface area contributed by atoms with Gasteiger partial charge in [-0.25, -0.2) is 0 Å². The van der Waals surface area contributed by atoms with E-state index in [0.29, 0.717) is 12.1 Å². The Morgan fingerprint density at radius 3 is 2.13 bits per heavy atom. The van der Waals surface area contributed by atoms with E-state index in [1.807, 2.05) is 0 Å². The van der Waals surface area contributed by atoms with Crippen molar-refractivity contribution in [3.05, 3.63) is 12.1 Å². The number of rotatable bonds is 7. The van der Waals surface area contributed by atoms with E-state index in [1.165, 1.54) is 31.3 Å². The summed E-state index contributed by atoms with van der Waals surface area (Å²) in [6, 6.07) is 2.84. The van der Waals surface area contributed by atoms with E-state index in [9.17, 15) is 13.2 Å². The van der Waals surface area contributed by atoms with Gasteiger partial charge in [0.2, 0.25) is 5.91 Å². The van der Waals surface area contributed by atoms with Crippen LogP contribution in [0.5, 0.6) is 11.5 Å². The fourth-order valence-corrected chi connectivity index (χ4v) is 2.82. The van der Waals surface area contributed by atoms with Crippen molar-refractivity contribution in [2.75, 3.05) is 33.3 Å². The van der Waals surface area contributed by atoms with Crippen LogP contribution >= 0.6 is 0 Å². The highest BCUT2D eigenvalue weighted by Gasteiger charge is 2.27. The van der Waals surface area contributed by atoms with Crippen molar-refractivity contribution in [2.45, 2.75) is 17.7 Å². The zero-order valence-electron chi connectivity index (χ0n) is 13.5. The van der Waals surface area contributed by atoms with Crippen molar-refractivity contribution in [1.29, 1.82) is 0 Å². The third-order valence-corrected chi connectivity index (χ3v) is 4.50. The maximum atomic E-state index is 12.0. The van der Waals surface area contributed by atoms with Crippen molar-refractivity contribution in [1.82, 2.24) is 0 Å². The second-order valence-corrected chi connectivity index (χ2v) is 6.11. The molecule has 0 N–H and O–H groups in total. The van der Waals surface area contributed by atoms with Crippen molar-refractivity contribution >= 4 is 21.7 Å². The van der Waals surface area contributed by atoms with E-state index in [-0.39, 0.29) is 28.7 Å². The van der Waals surface area contributed by atoms with Crippen LogP contribution in [-0.4, -0.2) is 42.7 Å². The second-order valence-electron chi connectivity index (χ2n) is 4.46. The van der Waals surface area contributed by atoms with Crippen LogP contribution in [-0.2, 0) is 19.1 Å². The molecule has 1 aromatic carbocycles. The smallest absolute Gasteiger partial charge is 0.304 e. The molecule has 0 aliphatic carbocycles. The molecule has 1 aromatic rings. The zero-order valence-corrected chi connectivity index (χ0v) is 14.3. The first-order chi connectivity index (χ1) is 10.8. The first kappa shape index (κ1) is 18.8. The van der Waals surface area contributed by atoms with Crippen molar-refractivity contribution in [3.8, 4) is 23.8 Å². The molecule has 0 unspecified atom stereocenters. The fourth-order valence-electron chi connectivity index (χ4n) is 1.88. The monoisotopic (exact) mass is 341 g/mol. The summed E-state index contributed by atoms with van der Waals surface area (Å²) in [6.07, 6.45) is 5.64. The molecule has 8 heteroatoms. The van der Waals surface area contributed by atoms with E-state index in [1.54, 1.807) is 7.05 Å². The molecule has 7 nitrogen and oxygen atoms in total. The number of benzene rings is 1. The molecule has 0 aliphatic rings. The van der Waals surface area contributed by atoms with E-state index in [2.05, 4.69) is 10.1 Å². The van der Waals surface area contributed by atoms with Gasteiger partial charge in [0.25, 0.3) is 0 Å². The van der Waals surface area contributed by atoms with Gasteiger partial charge in [-0.3, -0.25) is 8.98 Å². The molecule has 0 bridgehead atoms. The second kappa shape index (κ2) is 7.85. The summed E-state index contributed by atoms with van der Waals surface area (Å²) in [6.45, 7) is 0. The van der Waals surface area contributed by atoms with Crippen LogP contribution < -0.4 is 14.4 Å². The Bertz CT molecular complexity index is 695. The van der Waals surface area contributed by atoms with E-state index in [0.717, 1.165) is 7.11 Å². The Morgan fingerprint density at radius 1 is 1.22 bits per heavy atom. The first-order valence-electron chi connectivity index (χ1n) is 6.59. The topological polar surface area (TPSA) is 82.1 Å². The van der Waals surface area contributed by atoms with Crippen LogP contribution in [0.4, 0.5) is 5.69 Å². The van der Waals surface area contributed by atoms with Crippen LogP contribution in [0.3, 0.4) is 0 Å². The lowest BCUT2D eigenvalue weighted by Crippen LogP contribution is -2.26. The van der Waals surface area contributed by atoms with Gasteiger partial charge in [0.05, 0.1) is 27.0 Å². The van der Waals surface area contributed by atoms with Crippen LogP contribution in [0.15, 0.2) is 17.0 Å². The van der Waals surface area contributed by atoms with Crippen LogP contribution in [0.1, 0.15) is 12.8 Å². The van der Waals surface area contributed by atoms with Crippen molar-refractivity contribution in [2.24, 2.45) is 0 Å². The van der Waals surface area contributed by atoms with E-state index >= 15 is 0 Å². The number of terminal acetylenes is 1. The number of hydrogen-bond donors (Lipinski definition) is 0. The van der Waals surface area contributed by atoms with Gasteiger partial charge < -0.3 is 14.4 Å². The molecular weight excluding hydrogens is 322 g/mol. The number of anilines is 1. The molecule has 126 valence electrons. The average molecular weight is 341 g/mol. The van der Waals surface area contributed by atoms with Gasteiger partial charge >= 0.3 is 10.1 Å². The van der Waals surface area contributed by atoms with Crippen molar-refractivity contribution < 1.29 is 26.9 Å². The van der Waals surface area contributed by atoms with E-state index in [4.69, 9.17) is 15.9 Å². The number of carbonyl (C=O) groups is 1. The predicted molar refractivity (Wildman–Crippen MR) is 85.2 cm³/mol. The highest BCUT2D eigenvalue weighted by Crippen LogP contribution is 2.38. The summed E-state index contributed by atoms with van der Waals surface area (Å²) < 4.78 is 38.8. The summed E-state index contributed by atoms with van der Waals surface area (Å²) in [5.41, 5.74) is 0.413.